The molecule has 12 heavy (non-hydrogen) atoms. The predicted octanol–water partition coefficient (Wildman–Crippen LogP) is 3.69. The first-order valence-electron chi connectivity index (χ1n) is 4.05. The number of hydrogen-bond acceptors (Lipinski definition) is 1. The third-order valence-corrected chi connectivity index (χ3v) is 2.35. The van der Waals surface area contributed by atoms with Crippen molar-refractivity contribution in [3.05, 3.63) is 34.0 Å². The number of halogens is 1. The van der Waals surface area contributed by atoms with Crippen LogP contribution in [0.15, 0.2) is 34.0 Å². The Kier molecular flexibility index (Phi) is 3.15. The summed E-state index contributed by atoms with van der Waals surface area (Å²) in [5.41, 5.74) is 1.17. The molecule has 1 aliphatic rings. The van der Waals surface area contributed by atoms with E-state index in [0.29, 0.717) is 18.1 Å². The third kappa shape index (κ3) is 2.52. The fourth-order valence-electron chi connectivity index (χ4n) is 1.07. The molecule has 1 rings (SSSR count). The molecule has 1 nitrogen and oxygen atoms in total. The van der Waals surface area contributed by atoms with Gasteiger partial charge in [0, 0.05) is 10.9 Å². The molecule has 1 N–H and O–H groups in total. The van der Waals surface area contributed by atoms with Crippen molar-refractivity contribution < 1.29 is 5.11 Å². The van der Waals surface area contributed by atoms with Gasteiger partial charge in [-0.1, -0.05) is 41.9 Å². The lowest BCUT2D eigenvalue weighted by Crippen LogP contribution is -1.90. The van der Waals surface area contributed by atoms with Crippen LogP contribution in [0.3, 0.4) is 0 Å². The largest absolute Gasteiger partial charge is 0.512 e. The molecule has 0 spiro atoms. The first-order valence-corrected chi connectivity index (χ1v) is 4.84. The van der Waals surface area contributed by atoms with Gasteiger partial charge in [-0.05, 0) is 17.6 Å². The molecule has 0 aliphatic heterocycles. The molecular weight excluding hydrogens is 216 g/mol. The van der Waals surface area contributed by atoms with Gasteiger partial charge in [-0.15, -0.1) is 0 Å². The summed E-state index contributed by atoms with van der Waals surface area (Å²) in [6, 6.07) is 0. The van der Waals surface area contributed by atoms with Crippen molar-refractivity contribution in [1.82, 2.24) is 0 Å². The Labute approximate surface area is 81.6 Å². The highest BCUT2D eigenvalue weighted by atomic mass is 79.9. The lowest BCUT2D eigenvalue weighted by molar-refractivity contribution is 0.400. The second-order valence-electron chi connectivity index (χ2n) is 3.25. The summed E-state index contributed by atoms with van der Waals surface area (Å²) in [5, 5.41) is 9.43. The smallest absolute Gasteiger partial charge is 0.0974 e. The van der Waals surface area contributed by atoms with Gasteiger partial charge in [-0.2, -0.15) is 0 Å². The number of allylic oxidation sites excluding steroid dienone is 5. The van der Waals surface area contributed by atoms with Crippen LogP contribution >= 0.6 is 15.9 Å². The van der Waals surface area contributed by atoms with Gasteiger partial charge in [0.2, 0.25) is 0 Å². The van der Waals surface area contributed by atoms with Crippen LogP contribution in [0.2, 0.25) is 0 Å². The van der Waals surface area contributed by atoms with Crippen LogP contribution in [-0.2, 0) is 0 Å². The van der Waals surface area contributed by atoms with Gasteiger partial charge >= 0.3 is 0 Å². The lowest BCUT2D eigenvalue weighted by atomic mass is 10.0. The Balaban J connectivity index is 2.93. The number of aliphatic hydroxyl groups excluding tert-OH is 1. The van der Waals surface area contributed by atoms with Gasteiger partial charge in [0.25, 0.3) is 0 Å². The van der Waals surface area contributed by atoms with Crippen molar-refractivity contribution in [3.8, 4) is 0 Å². The van der Waals surface area contributed by atoms with Crippen LogP contribution in [-0.4, -0.2) is 5.11 Å². The Morgan fingerprint density at radius 1 is 1.42 bits per heavy atom. The van der Waals surface area contributed by atoms with E-state index in [1.807, 2.05) is 18.2 Å². The van der Waals surface area contributed by atoms with Crippen molar-refractivity contribution >= 4 is 15.9 Å². The highest BCUT2D eigenvalue weighted by Crippen LogP contribution is 2.23. The zero-order chi connectivity index (χ0) is 9.14. The fourth-order valence-corrected chi connectivity index (χ4v) is 1.49. The third-order valence-electron chi connectivity index (χ3n) is 1.81. The number of aliphatic hydroxyl groups is 1. The summed E-state index contributed by atoms with van der Waals surface area (Å²) in [5.74, 6) is 0.886. The molecule has 0 bridgehead atoms. The summed E-state index contributed by atoms with van der Waals surface area (Å²) in [6.45, 7) is 4.23. The van der Waals surface area contributed by atoms with Crippen molar-refractivity contribution in [2.75, 3.05) is 0 Å². The molecule has 0 saturated carbocycles. The maximum Gasteiger partial charge on any atom is 0.0974 e. The second-order valence-corrected chi connectivity index (χ2v) is 4.27. The van der Waals surface area contributed by atoms with E-state index in [-0.39, 0.29) is 0 Å². The zero-order valence-corrected chi connectivity index (χ0v) is 8.93. The van der Waals surface area contributed by atoms with Crippen LogP contribution in [0, 0.1) is 5.92 Å². The summed E-state index contributed by atoms with van der Waals surface area (Å²) in [4.78, 5) is 0. The topological polar surface area (TPSA) is 20.2 Å². The van der Waals surface area contributed by atoms with E-state index in [1.54, 1.807) is 0 Å². The van der Waals surface area contributed by atoms with E-state index < -0.39 is 0 Å². The molecule has 2 heteroatoms. The van der Waals surface area contributed by atoms with E-state index in [0.717, 1.165) is 4.48 Å². The van der Waals surface area contributed by atoms with Gasteiger partial charge in [0.15, 0.2) is 0 Å². The maximum absolute atomic E-state index is 9.43. The number of rotatable bonds is 1. The van der Waals surface area contributed by atoms with Crippen molar-refractivity contribution in [3.63, 3.8) is 0 Å². The van der Waals surface area contributed by atoms with Crippen molar-refractivity contribution in [1.29, 1.82) is 0 Å². The average molecular weight is 229 g/mol. The molecule has 0 fully saturated rings. The highest BCUT2D eigenvalue weighted by Gasteiger charge is 2.06. The van der Waals surface area contributed by atoms with Gasteiger partial charge in [0.05, 0.1) is 5.76 Å². The van der Waals surface area contributed by atoms with E-state index in [9.17, 15) is 5.11 Å². The first-order chi connectivity index (χ1) is 5.59. The quantitative estimate of drug-likeness (QED) is 0.726. The molecule has 0 saturated heterocycles. The van der Waals surface area contributed by atoms with Crippen LogP contribution < -0.4 is 0 Å². The van der Waals surface area contributed by atoms with Crippen molar-refractivity contribution in [2.24, 2.45) is 5.92 Å². The minimum absolute atomic E-state index is 0.426. The zero-order valence-electron chi connectivity index (χ0n) is 7.34. The monoisotopic (exact) mass is 228 g/mol. The number of hydrogen-bond donors (Lipinski definition) is 1. The first kappa shape index (κ1) is 9.59. The summed E-state index contributed by atoms with van der Waals surface area (Å²) < 4.78 is 1.02. The molecule has 0 radical (unpaired) electrons. The minimum Gasteiger partial charge on any atom is -0.512 e. The lowest BCUT2D eigenvalue weighted by Gasteiger charge is -2.04. The van der Waals surface area contributed by atoms with Crippen LogP contribution in [0.4, 0.5) is 0 Å². The SMILES string of the molecule is CC(C)C1=CC=C(Br)CC(O)=C1. The van der Waals surface area contributed by atoms with E-state index in [2.05, 4.69) is 29.8 Å². The molecule has 0 atom stereocenters. The van der Waals surface area contributed by atoms with Crippen LogP contribution in [0.5, 0.6) is 0 Å². The molecule has 66 valence electrons. The molecule has 0 aromatic carbocycles. The Bertz CT molecular complexity index is 259. The van der Waals surface area contributed by atoms with E-state index >= 15 is 0 Å². The molecule has 1 aliphatic carbocycles. The summed E-state index contributed by atoms with van der Waals surface area (Å²) >= 11 is 3.37. The van der Waals surface area contributed by atoms with Gasteiger partial charge in [-0.25, -0.2) is 0 Å². The Morgan fingerprint density at radius 3 is 2.67 bits per heavy atom. The Hall–Kier alpha value is -0.500. The molecule has 0 aromatic rings. The van der Waals surface area contributed by atoms with Crippen LogP contribution in [0.25, 0.3) is 0 Å². The fraction of sp³-hybridized carbons (Fsp3) is 0.400. The molecule has 0 unspecified atom stereocenters. The van der Waals surface area contributed by atoms with Gasteiger partial charge in [0.1, 0.15) is 0 Å². The standard InChI is InChI=1S/C10H13BrO/c1-7(2)8-3-4-9(11)6-10(12)5-8/h3-5,7,12H,6H2,1-2H3. The van der Waals surface area contributed by atoms with E-state index in [1.165, 1.54) is 5.57 Å². The maximum atomic E-state index is 9.43. The molecule has 0 aromatic heterocycles. The molecule has 0 amide bonds. The average Bonchev–Trinajstić information content (AvgIpc) is 2.11. The normalized spacial score (nSPS) is 18.2. The van der Waals surface area contributed by atoms with Crippen LogP contribution in [0.1, 0.15) is 20.3 Å². The molecular formula is C10H13BrO. The van der Waals surface area contributed by atoms with Gasteiger partial charge < -0.3 is 5.11 Å². The van der Waals surface area contributed by atoms with Crippen molar-refractivity contribution in [2.45, 2.75) is 20.3 Å². The highest BCUT2D eigenvalue weighted by molar-refractivity contribution is 9.11. The van der Waals surface area contributed by atoms with Gasteiger partial charge in [-0.3, -0.25) is 0 Å². The molecule has 0 heterocycles. The second kappa shape index (κ2) is 3.94. The Morgan fingerprint density at radius 2 is 2.08 bits per heavy atom. The minimum atomic E-state index is 0.426. The predicted molar refractivity (Wildman–Crippen MR) is 55.3 cm³/mol. The summed E-state index contributed by atoms with van der Waals surface area (Å²) in [6.07, 6.45) is 6.48. The summed E-state index contributed by atoms with van der Waals surface area (Å²) in [7, 11) is 0. The van der Waals surface area contributed by atoms with E-state index in [4.69, 9.17) is 0 Å².